The first kappa shape index (κ1) is 10.1. The SMILES string of the molecule is CC(C)(ON)c1c(F)cccc1F. The van der Waals surface area contributed by atoms with Crippen LogP contribution in [0.5, 0.6) is 0 Å². The first-order valence-corrected chi connectivity index (χ1v) is 3.81. The van der Waals surface area contributed by atoms with Crippen LogP contribution in [0.25, 0.3) is 0 Å². The molecular weight excluding hydrogens is 176 g/mol. The van der Waals surface area contributed by atoms with Crippen LogP contribution in [0, 0.1) is 11.6 Å². The van der Waals surface area contributed by atoms with Gasteiger partial charge in [-0.3, -0.25) is 4.84 Å². The number of hydrogen-bond acceptors (Lipinski definition) is 2. The van der Waals surface area contributed by atoms with E-state index in [-0.39, 0.29) is 5.56 Å². The molecule has 0 saturated carbocycles. The van der Waals surface area contributed by atoms with E-state index in [1.165, 1.54) is 32.0 Å². The van der Waals surface area contributed by atoms with E-state index in [4.69, 9.17) is 5.90 Å². The van der Waals surface area contributed by atoms with Crippen LogP contribution in [-0.2, 0) is 10.4 Å². The average Bonchev–Trinajstić information content (AvgIpc) is 2.03. The zero-order chi connectivity index (χ0) is 10.1. The van der Waals surface area contributed by atoms with Crippen LogP contribution in [0.3, 0.4) is 0 Å². The molecule has 0 amide bonds. The van der Waals surface area contributed by atoms with Gasteiger partial charge in [0.2, 0.25) is 0 Å². The summed E-state index contributed by atoms with van der Waals surface area (Å²) in [5.74, 6) is 3.63. The van der Waals surface area contributed by atoms with Crippen molar-refractivity contribution in [1.29, 1.82) is 0 Å². The standard InChI is InChI=1S/C9H11F2NO/c1-9(2,13-12)8-6(10)4-3-5-7(8)11/h3-5H,12H2,1-2H3. The van der Waals surface area contributed by atoms with Crippen molar-refractivity contribution in [1.82, 2.24) is 0 Å². The summed E-state index contributed by atoms with van der Waals surface area (Å²) in [6.07, 6.45) is 0. The minimum atomic E-state index is -1.16. The van der Waals surface area contributed by atoms with E-state index in [0.717, 1.165) is 0 Å². The molecule has 0 aliphatic carbocycles. The molecule has 0 fully saturated rings. The number of nitrogens with two attached hydrogens (primary N) is 1. The fraction of sp³-hybridized carbons (Fsp3) is 0.333. The smallest absolute Gasteiger partial charge is 0.132 e. The van der Waals surface area contributed by atoms with Gasteiger partial charge in [0.25, 0.3) is 0 Å². The van der Waals surface area contributed by atoms with Crippen LogP contribution >= 0.6 is 0 Å². The first-order chi connectivity index (χ1) is 5.99. The molecule has 1 aromatic carbocycles. The lowest BCUT2D eigenvalue weighted by molar-refractivity contribution is -0.0286. The van der Waals surface area contributed by atoms with Crippen molar-refractivity contribution in [2.75, 3.05) is 0 Å². The monoisotopic (exact) mass is 187 g/mol. The lowest BCUT2D eigenvalue weighted by Gasteiger charge is -2.23. The van der Waals surface area contributed by atoms with Crippen molar-refractivity contribution in [3.05, 3.63) is 35.4 Å². The minimum Gasteiger partial charge on any atom is -0.294 e. The van der Waals surface area contributed by atoms with Gasteiger partial charge >= 0.3 is 0 Å². The molecule has 0 spiro atoms. The Hall–Kier alpha value is -1.00. The van der Waals surface area contributed by atoms with Gasteiger partial charge in [0, 0.05) is 0 Å². The van der Waals surface area contributed by atoms with Crippen LogP contribution < -0.4 is 5.90 Å². The third kappa shape index (κ3) is 1.84. The second-order valence-corrected chi connectivity index (χ2v) is 3.22. The second-order valence-electron chi connectivity index (χ2n) is 3.22. The Morgan fingerprint density at radius 2 is 1.69 bits per heavy atom. The van der Waals surface area contributed by atoms with Crippen molar-refractivity contribution in [2.24, 2.45) is 5.90 Å². The maximum absolute atomic E-state index is 13.2. The molecule has 0 unspecified atom stereocenters. The van der Waals surface area contributed by atoms with Gasteiger partial charge in [-0.25, -0.2) is 14.7 Å². The second kappa shape index (κ2) is 3.40. The molecule has 0 aromatic heterocycles. The highest BCUT2D eigenvalue weighted by molar-refractivity contribution is 5.25. The van der Waals surface area contributed by atoms with Crippen molar-refractivity contribution < 1.29 is 13.6 Å². The van der Waals surface area contributed by atoms with Crippen LogP contribution in [0.15, 0.2) is 18.2 Å². The van der Waals surface area contributed by atoms with E-state index in [1.54, 1.807) is 0 Å². The average molecular weight is 187 g/mol. The van der Waals surface area contributed by atoms with Gasteiger partial charge in [-0.15, -0.1) is 0 Å². The largest absolute Gasteiger partial charge is 0.294 e. The van der Waals surface area contributed by atoms with Gasteiger partial charge in [0.15, 0.2) is 0 Å². The summed E-state index contributed by atoms with van der Waals surface area (Å²) in [6, 6.07) is 3.62. The maximum atomic E-state index is 13.2. The zero-order valence-corrected chi connectivity index (χ0v) is 7.47. The number of hydrogen-bond donors (Lipinski definition) is 1. The quantitative estimate of drug-likeness (QED) is 0.719. The summed E-state index contributed by atoms with van der Waals surface area (Å²) < 4.78 is 26.3. The summed E-state index contributed by atoms with van der Waals surface area (Å²) in [7, 11) is 0. The van der Waals surface area contributed by atoms with Gasteiger partial charge in [-0.1, -0.05) is 6.07 Å². The Kier molecular flexibility index (Phi) is 2.63. The van der Waals surface area contributed by atoms with Gasteiger partial charge in [-0.05, 0) is 26.0 Å². The molecule has 2 N–H and O–H groups in total. The third-order valence-corrected chi connectivity index (χ3v) is 1.86. The predicted molar refractivity (Wildman–Crippen MR) is 44.7 cm³/mol. The van der Waals surface area contributed by atoms with Gasteiger partial charge < -0.3 is 0 Å². The molecule has 0 saturated heterocycles. The van der Waals surface area contributed by atoms with E-state index in [2.05, 4.69) is 4.84 Å². The summed E-state index contributed by atoms with van der Waals surface area (Å²) in [6.45, 7) is 2.99. The van der Waals surface area contributed by atoms with Crippen LogP contribution in [0.1, 0.15) is 19.4 Å². The molecule has 0 atom stereocenters. The highest BCUT2D eigenvalue weighted by atomic mass is 19.1. The van der Waals surface area contributed by atoms with E-state index in [0.29, 0.717) is 0 Å². The van der Waals surface area contributed by atoms with Gasteiger partial charge in [0.1, 0.15) is 17.2 Å². The summed E-state index contributed by atoms with van der Waals surface area (Å²) in [5, 5.41) is 0. The Morgan fingerprint density at radius 3 is 2.08 bits per heavy atom. The van der Waals surface area contributed by atoms with E-state index >= 15 is 0 Å². The Balaban J connectivity index is 3.28. The van der Waals surface area contributed by atoms with E-state index in [1.807, 2.05) is 0 Å². The lowest BCUT2D eigenvalue weighted by atomic mass is 9.97. The molecule has 2 nitrogen and oxygen atoms in total. The Labute approximate surface area is 75.3 Å². The fourth-order valence-electron chi connectivity index (χ4n) is 1.13. The molecule has 72 valence electrons. The molecule has 0 heterocycles. The van der Waals surface area contributed by atoms with Crippen LogP contribution in [0.2, 0.25) is 0 Å². The molecule has 1 aromatic rings. The minimum absolute atomic E-state index is 0.155. The first-order valence-electron chi connectivity index (χ1n) is 3.81. The maximum Gasteiger partial charge on any atom is 0.132 e. The summed E-state index contributed by atoms with van der Waals surface area (Å²) >= 11 is 0. The van der Waals surface area contributed by atoms with Crippen molar-refractivity contribution >= 4 is 0 Å². The van der Waals surface area contributed by atoms with E-state index < -0.39 is 17.2 Å². The van der Waals surface area contributed by atoms with Crippen molar-refractivity contribution in [2.45, 2.75) is 19.4 Å². The molecule has 1 rings (SSSR count). The highest BCUT2D eigenvalue weighted by Crippen LogP contribution is 2.27. The van der Waals surface area contributed by atoms with Gasteiger partial charge in [-0.2, -0.15) is 0 Å². The van der Waals surface area contributed by atoms with Crippen molar-refractivity contribution in [3.8, 4) is 0 Å². The molecule has 0 radical (unpaired) electrons. The van der Waals surface area contributed by atoms with Gasteiger partial charge in [0.05, 0.1) is 5.56 Å². The molecule has 0 bridgehead atoms. The Bertz CT molecular complexity index is 292. The number of rotatable bonds is 2. The lowest BCUT2D eigenvalue weighted by Crippen LogP contribution is -2.27. The normalized spacial score (nSPS) is 11.8. The van der Waals surface area contributed by atoms with Crippen LogP contribution in [0.4, 0.5) is 8.78 Å². The topological polar surface area (TPSA) is 35.2 Å². The van der Waals surface area contributed by atoms with Crippen molar-refractivity contribution in [3.63, 3.8) is 0 Å². The summed E-state index contributed by atoms with van der Waals surface area (Å²) in [4.78, 5) is 4.51. The number of halogens is 2. The van der Waals surface area contributed by atoms with Crippen LogP contribution in [-0.4, -0.2) is 0 Å². The Morgan fingerprint density at radius 1 is 1.23 bits per heavy atom. The predicted octanol–water partition coefficient (Wildman–Crippen LogP) is 2.09. The highest BCUT2D eigenvalue weighted by Gasteiger charge is 2.27. The molecular formula is C9H11F2NO. The molecule has 13 heavy (non-hydrogen) atoms. The zero-order valence-electron chi connectivity index (χ0n) is 7.47. The molecule has 0 aliphatic rings. The fourth-order valence-corrected chi connectivity index (χ4v) is 1.13. The number of benzene rings is 1. The molecule has 0 aliphatic heterocycles. The molecule has 4 heteroatoms. The summed E-state index contributed by atoms with van der Waals surface area (Å²) in [5.41, 5.74) is -1.31. The van der Waals surface area contributed by atoms with E-state index in [9.17, 15) is 8.78 Å². The third-order valence-electron chi connectivity index (χ3n) is 1.86.